The van der Waals surface area contributed by atoms with Crippen LogP contribution in [0.2, 0.25) is 0 Å². The Hall–Kier alpha value is -3.13. The van der Waals surface area contributed by atoms with Gasteiger partial charge in [0.15, 0.2) is 11.7 Å². The summed E-state index contributed by atoms with van der Waals surface area (Å²) in [6.45, 7) is 6.97. The van der Waals surface area contributed by atoms with Crippen LogP contribution < -0.4 is 20.3 Å². The summed E-state index contributed by atoms with van der Waals surface area (Å²) in [5.41, 5.74) is 2.85. The fourth-order valence-electron chi connectivity index (χ4n) is 3.53. The maximum atomic E-state index is 12.1. The van der Waals surface area contributed by atoms with Gasteiger partial charge in [-0.15, -0.1) is 0 Å². The number of anilines is 2. The molecule has 2 aromatic rings. The highest BCUT2D eigenvalue weighted by atomic mass is 32.1. The number of nitrogens with zero attached hydrogens (tertiary/aromatic N) is 2. The molecule has 1 aliphatic rings. The number of ether oxygens (including phenoxy) is 1. The summed E-state index contributed by atoms with van der Waals surface area (Å²) in [6, 6.07) is 15.4. The minimum absolute atomic E-state index is 0.113. The first kappa shape index (κ1) is 23.5. The molecule has 170 valence electrons. The average Bonchev–Trinajstić information content (AvgIpc) is 2.79. The summed E-state index contributed by atoms with van der Waals surface area (Å²) in [4.78, 5) is 28.4. The van der Waals surface area contributed by atoms with Gasteiger partial charge in [-0.05, 0) is 61.5 Å². The first-order valence-corrected chi connectivity index (χ1v) is 11.3. The molecule has 0 aromatic heterocycles. The topological polar surface area (TPSA) is 73.9 Å². The lowest BCUT2D eigenvalue weighted by Gasteiger charge is -2.36. The SMILES string of the molecule is CCCC(=O)N1CCN(c2ccc(NC(=S)NC(=O)COc3ccccc3C)cc2)CC1. The number of hydrogen-bond acceptors (Lipinski definition) is 5. The minimum Gasteiger partial charge on any atom is -0.483 e. The number of piperazine rings is 1. The molecule has 2 amide bonds. The standard InChI is InChI=1S/C24H30N4O3S/c1-3-6-23(30)28-15-13-27(14-16-28)20-11-9-19(10-12-20)25-24(32)26-22(29)17-31-21-8-5-4-7-18(21)2/h4-5,7-12H,3,6,13-17H2,1-2H3,(H2,25,26,29,32). The van der Waals surface area contributed by atoms with E-state index < -0.39 is 0 Å². The lowest BCUT2D eigenvalue weighted by Crippen LogP contribution is -2.48. The molecule has 0 saturated carbocycles. The van der Waals surface area contributed by atoms with Crippen LogP contribution in [0.1, 0.15) is 25.3 Å². The Morgan fingerprint density at radius 2 is 1.72 bits per heavy atom. The number of nitrogens with one attached hydrogen (secondary N) is 2. The Kier molecular flexibility index (Phi) is 8.44. The normalized spacial score (nSPS) is 13.4. The van der Waals surface area contributed by atoms with E-state index >= 15 is 0 Å². The molecule has 1 fully saturated rings. The Labute approximate surface area is 194 Å². The molecule has 0 bridgehead atoms. The van der Waals surface area contributed by atoms with E-state index in [0.717, 1.165) is 49.5 Å². The Morgan fingerprint density at radius 1 is 1.03 bits per heavy atom. The number of para-hydroxylation sites is 1. The van der Waals surface area contributed by atoms with Crippen LogP contribution in [0, 0.1) is 6.92 Å². The quantitative estimate of drug-likeness (QED) is 0.625. The van der Waals surface area contributed by atoms with E-state index in [2.05, 4.69) is 15.5 Å². The van der Waals surface area contributed by atoms with Crippen molar-refractivity contribution in [1.82, 2.24) is 10.2 Å². The monoisotopic (exact) mass is 454 g/mol. The lowest BCUT2D eigenvalue weighted by atomic mass is 10.2. The highest BCUT2D eigenvalue weighted by Crippen LogP contribution is 2.20. The molecule has 0 atom stereocenters. The maximum absolute atomic E-state index is 12.1. The van der Waals surface area contributed by atoms with E-state index in [-0.39, 0.29) is 23.5 Å². The van der Waals surface area contributed by atoms with Gasteiger partial charge in [-0.3, -0.25) is 14.9 Å². The molecule has 2 aromatic carbocycles. The molecule has 0 aliphatic carbocycles. The first-order valence-electron chi connectivity index (χ1n) is 10.9. The second kappa shape index (κ2) is 11.5. The van der Waals surface area contributed by atoms with Crippen molar-refractivity contribution in [2.75, 3.05) is 43.0 Å². The third kappa shape index (κ3) is 6.68. The smallest absolute Gasteiger partial charge is 0.264 e. The molecule has 0 unspecified atom stereocenters. The predicted molar refractivity (Wildman–Crippen MR) is 131 cm³/mol. The second-order valence-corrected chi connectivity index (χ2v) is 8.13. The molecule has 1 heterocycles. The van der Waals surface area contributed by atoms with Gasteiger partial charge in [-0.25, -0.2) is 0 Å². The molecular formula is C24H30N4O3S. The summed E-state index contributed by atoms with van der Waals surface area (Å²) in [7, 11) is 0. The van der Waals surface area contributed by atoms with Crippen LogP contribution in [0.5, 0.6) is 5.75 Å². The van der Waals surface area contributed by atoms with E-state index in [0.29, 0.717) is 12.2 Å². The number of aryl methyl sites for hydroxylation is 1. The summed E-state index contributed by atoms with van der Waals surface area (Å²) in [5.74, 6) is 0.595. The zero-order chi connectivity index (χ0) is 22.9. The van der Waals surface area contributed by atoms with Crippen molar-refractivity contribution in [3.05, 3.63) is 54.1 Å². The number of thiocarbonyl (C=S) groups is 1. The van der Waals surface area contributed by atoms with Crippen molar-refractivity contribution < 1.29 is 14.3 Å². The van der Waals surface area contributed by atoms with Crippen LogP contribution in [0.4, 0.5) is 11.4 Å². The molecule has 0 spiro atoms. The summed E-state index contributed by atoms with van der Waals surface area (Å²) >= 11 is 5.24. The van der Waals surface area contributed by atoms with Crippen molar-refractivity contribution in [3.8, 4) is 5.75 Å². The predicted octanol–water partition coefficient (Wildman–Crippen LogP) is 3.34. The van der Waals surface area contributed by atoms with Crippen molar-refractivity contribution in [2.24, 2.45) is 0 Å². The second-order valence-electron chi connectivity index (χ2n) is 7.72. The molecule has 0 radical (unpaired) electrons. The van der Waals surface area contributed by atoms with Gasteiger partial charge in [0.25, 0.3) is 5.91 Å². The van der Waals surface area contributed by atoms with E-state index in [1.807, 2.05) is 67.3 Å². The maximum Gasteiger partial charge on any atom is 0.264 e. The van der Waals surface area contributed by atoms with Gasteiger partial charge in [-0.2, -0.15) is 0 Å². The molecule has 2 N–H and O–H groups in total. The number of benzene rings is 2. The van der Waals surface area contributed by atoms with Gasteiger partial charge < -0.3 is 19.9 Å². The third-order valence-electron chi connectivity index (χ3n) is 5.29. The number of rotatable bonds is 7. The van der Waals surface area contributed by atoms with E-state index in [4.69, 9.17) is 17.0 Å². The van der Waals surface area contributed by atoms with Crippen molar-refractivity contribution >= 4 is 40.5 Å². The molecule has 7 nitrogen and oxygen atoms in total. The molecule has 3 rings (SSSR count). The van der Waals surface area contributed by atoms with E-state index in [1.165, 1.54) is 0 Å². The van der Waals surface area contributed by atoms with Crippen LogP contribution in [0.15, 0.2) is 48.5 Å². The Morgan fingerprint density at radius 3 is 2.38 bits per heavy atom. The number of carbonyl (C=O) groups is 2. The van der Waals surface area contributed by atoms with Gasteiger partial charge >= 0.3 is 0 Å². The molecule has 8 heteroatoms. The van der Waals surface area contributed by atoms with Crippen LogP contribution in [0.3, 0.4) is 0 Å². The highest BCUT2D eigenvalue weighted by Gasteiger charge is 2.20. The van der Waals surface area contributed by atoms with Gasteiger partial charge in [0.05, 0.1) is 0 Å². The number of carbonyl (C=O) groups excluding carboxylic acids is 2. The van der Waals surface area contributed by atoms with Crippen molar-refractivity contribution in [1.29, 1.82) is 0 Å². The largest absolute Gasteiger partial charge is 0.483 e. The third-order valence-corrected chi connectivity index (χ3v) is 5.50. The zero-order valence-corrected chi connectivity index (χ0v) is 19.4. The van der Waals surface area contributed by atoms with Gasteiger partial charge in [0, 0.05) is 44.0 Å². The summed E-state index contributed by atoms with van der Waals surface area (Å²) < 4.78 is 5.54. The highest BCUT2D eigenvalue weighted by molar-refractivity contribution is 7.80. The van der Waals surface area contributed by atoms with Crippen LogP contribution in [-0.2, 0) is 9.59 Å². The molecular weight excluding hydrogens is 424 g/mol. The van der Waals surface area contributed by atoms with Crippen molar-refractivity contribution in [3.63, 3.8) is 0 Å². The first-order chi connectivity index (χ1) is 15.5. The molecule has 1 saturated heterocycles. The number of hydrogen-bond donors (Lipinski definition) is 2. The zero-order valence-electron chi connectivity index (χ0n) is 18.6. The fraction of sp³-hybridized carbons (Fsp3) is 0.375. The minimum atomic E-state index is -0.321. The van der Waals surface area contributed by atoms with Gasteiger partial charge in [0.1, 0.15) is 5.75 Å². The van der Waals surface area contributed by atoms with E-state index in [1.54, 1.807) is 0 Å². The number of amides is 2. The van der Waals surface area contributed by atoms with Crippen LogP contribution in [0.25, 0.3) is 0 Å². The lowest BCUT2D eigenvalue weighted by molar-refractivity contribution is -0.131. The van der Waals surface area contributed by atoms with Gasteiger partial charge in [-0.1, -0.05) is 25.1 Å². The van der Waals surface area contributed by atoms with Crippen LogP contribution in [-0.4, -0.2) is 54.6 Å². The fourth-order valence-corrected chi connectivity index (χ4v) is 3.76. The summed E-state index contributed by atoms with van der Waals surface area (Å²) in [6.07, 6.45) is 1.50. The van der Waals surface area contributed by atoms with E-state index in [9.17, 15) is 9.59 Å². The van der Waals surface area contributed by atoms with Crippen molar-refractivity contribution in [2.45, 2.75) is 26.7 Å². The molecule has 32 heavy (non-hydrogen) atoms. The summed E-state index contributed by atoms with van der Waals surface area (Å²) in [5, 5.41) is 5.87. The average molecular weight is 455 g/mol. The molecule has 1 aliphatic heterocycles. The Bertz CT molecular complexity index is 941. The van der Waals surface area contributed by atoms with Gasteiger partial charge in [0.2, 0.25) is 5.91 Å². The Balaban J connectivity index is 1.43. The van der Waals surface area contributed by atoms with Crippen LogP contribution >= 0.6 is 12.2 Å².